The van der Waals surface area contributed by atoms with Crippen molar-refractivity contribution in [1.82, 2.24) is 5.32 Å². The Morgan fingerprint density at radius 2 is 1.70 bits per heavy atom. The first-order valence-electron chi connectivity index (χ1n) is 7.22. The third-order valence-corrected chi connectivity index (χ3v) is 4.51. The van der Waals surface area contributed by atoms with Gasteiger partial charge in [-0.05, 0) is 49.6 Å². The highest BCUT2D eigenvalue weighted by Crippen LogP contribution is 2.51. The van der Waals surface area contributed by atoms with E-state index in [1.807, 2.05) is 19.2 Å². The first kappa shape index (κ1) is 13.3. The Morgan fingerprint density at radius 1 is 1.05 bits per heavy atom. The van der Waals surface area contributed by atoms with Gasteiger partial charge >= 0.3 is 0 Å². The molecule has 2 aromatic rings. The van der Waals surface area contributed by atoms with Crippen LogP contribution in [-0.2, 0) is 11.8 Å². The number of benzene rings is 2. The molecule has 0 bridgehead atoms. The lowest BCUT2D eigenvalue weighted by molar-refractivity contribution is 0.442. The molecule has 1 aliphatic rings. The molecular weight excluding hydrogens is 249 g/mol. The average molecular weight is 269 g/mol. The number of hydrogen-bond acceptors (Lipinski definition) is 1. The summed E-state index contributed by atoms with van der Waals surface area (Å²) in [5, 5.41) is 3.47. The molecule has 2 heteroatoms. The predicted octanol–water partition coefficient (Wildman–Crippen LogP) is 3.69. The summed E-state index contributed by atoms with van der Waals surface area (Å²) in [6, 6.07) is 18.0. The van der Waals surface area contributed by atoms with Crippen LogP contribution < -0.4 is 5.32 Å². The van der Waals surface area contributed by atoms with Gasteiger partial charge in [-0.3, -0.25) is 0 Å². The van der Waals surface area contributed by atoms with Crippen molar-refractivity contribution in [1.29, 1.82) is 0 Å². The summed E-state index contributed by atoms with van der Waals surface area (Å²) >= 11 is 0. The molecule has 20 heavy (non-hydrogen) atoms. The molecule has 0 spiro atoms. The van der Waals surface area contributed by atoms with E-state index in [0.29, 0.717) is 6.04 Å². The molecule has 1 atom stereocenters. The van der Waals surface area contributed by atoms with Crippen LogP contribution in [0, 0.1) is 5.82 Å². The van der Waals surface area contributed by atoms with E-state index in [1.165, 1.54) is 24.0 Å². The summed E-state index contributed by atoms with van der Waals surface area (Å²) in [6.45, 7) is 0. The maximum atomic E-state index is 13.0. The number of likely N-dealkylation sites (N-methyl/N-ethyl adjacent to an activating group) is 1. The number of rotatable bonds is 5. The highest BCUT2D eigenvalue weighted by atomic mass is 19.1. The van der Waals surface area contributed by atoms with Crippen LogP contribution >= 0.6 is 0 Å². The Kier molecular flexibility index (Phi) is 3.58. The quantitative estimate of drug-likeness (QED) is 0.873. The molecular formula is C18H20FN. The van der Waals surface area contributed by atoms with Crippen LogP contribution in [0.1, 0.15) is 24.0 Å². The van der Waals surface area contributed by atoms with Gasteiger partial charge in [0.2, 0.25) is 0 Å². The molecule has 1 nitrogen and oxygen atoms in total. The zero-order chi connectivity index (χ0) is 14.0. The van der Waals surface area contributed by atoms with Gasteiger partial charge in [0.1, 0.15) is 5.82 Å². The van der Waals surface area contributed by atoms with Gasteiger partial charge in [0, 0.05) is 11.5 Å². The Balaban J connectivity index is 1.82. The van der Waals surface area contributed by atoms with Crippen molar-refractivity contribution in [2.75, 3.05) is 7.05 Å². The van der Waals surface area contributed by atoms with Crippen LogP contribution in [0.2, 0.25) is 0 Å². The molecule has 0 heterocycles. The van der Waals surface area contributed by atoms with Crippen LogP contribution in [0.15, 0.2) is 54.6 Å². The van der Waals surface area contributed by atoms with Crippen molar-refractivity contribution in [2.24, 2.45) is 0 Å². The van der Waals surface area contributed by atoms with Crippen LogP contribution in [0.4, 0.5) is 4.39 Å². The molecule has 1 fully saturated rings. The second-order valence-electron chi connectivity index (χ2n) is 5.69. The van der Waals surface area contributed by atoms with Crippen molar-refractivity contribution in [3.05, 3.63) is 71.5 Å². The summed E-state index contributed by atoms with van der Waals surface area (Å²) in [4.78, 5) is 0. The minimum absolute atomic E-state index is 0.168. The van der Waals surface area contributed by atoms with E-state index in [0.717, 1.165) is 6.42 Å². The number of hydrogen-bond donors (Lipinski definition) is 1. The summed E-state index contributed by atoms with van der Waals surface area (Å²) in [7, 11) is 2.02. The van der Waals surface area contributed by atoms with E-state index in [4.69, 9.17) is 0 Å². The lowest BCUT2D eigenvalue weighted by Crippen LogP contribution is -2.39. The SMILES string of the molecule is CNC(Cc1ccc(F)cc1)C1(c2ccccc2)CC1. The van der Waals surface area contributed by atoms with Gasteiger partial charge < -0.3 is 5.32 Å². The van der Waals surface area contributed by atoms with Gasteiger partial charge in [0.25, 0.3) is 0 Å². The molecule has 1 unspecified atom stereocenters. The summed E-state index contributed by atoms with van der Waals surface area (Å²) < 4.78 is 13.0. The van der Waals surface area contributed by atoms with E-state index in [2.05, 4.69) is 35.6 Å². The maximum Gasteiger partial charge on any atom is 0.123 e. The lowest BCUT2D eigenvalue weighted by atomic mass is 9.84. The second kappa shape index (κ2) is 5.37. The van der Waals surface area contributed by atoms with Crippen LogP contribution in [0.25, 0.3) is 0 Å². The first-order chi connectivity index (χ1) is 9.74. The van der Waals surface area contributed by atoms with Gasteiger partial charge in [0.05, 0.1) is 0 Å². The molecule has 0 radical (unpaired) electrons. The Hall–Kier alpha value is -1.67. The lowest BCUT2D eigenvalue weighted by Gasteiger charge is -2.27. The predicted molar refractivity (Wildman–Crippen MR) is 80.3 cm³/mol. The average Bonchev–Trinajstić information content (AvgIpc) is 3.29. The van der Waals surface area contributed by atoms with Gasteiger partial charge in [-0.2, -0.15) is 0 Å². The largest absolute Gasteiger partial charge is 0.316 e. The van der Waals surface area contributed by atoms with E-state index < -0.39 is 0 Å². The van der Waals surface area contributed by atoms with Crippen LogP contribution in [0.5, 0.6) is 0 Å². The van der Waals surface area contributed by atoms with Gasteiger partial charge in [0.15, 0.2) is 0 Å². The molecule has 0 aromatic heterocycles. The standard InChI is InChI=1S/C18H20FN/c1-20-17(13-14-7-9-16(19)10-8-14)18(11-12-18)15-5-3-2-4-6-15/h2-10,17,20H,11-13H2,1H3. The third kappa shape index (κ3) is 2.48. The highest BCUT2D eigenvalue weighted by molar-refractivity contribution is 5.35. The van der Waals surface area contributed by atoms with Crippen LogP contribution in [-0.4, -0.2) is 13.1 Å². The van der Waals surface area contributed by atoms with Gasteiger partial charge in [-0.15, -0.1) is 0 Å². The molecule has 3 rings (SSSR count). The van der Waals surface area contributed by atoms with Crippen molar-refractivity contribution < 1.29 is 4.39 Å². The fourth-order valence-corrected chi connectivity index (χ4v) is 3.17. The normalized spacial score (nSPS) is 17.7. The summed E-state index contributed by atoms with van der Waals surface area (Å²) in [5.74, 6) is -0.168. The molecule has 1 saturated carbocycles. The third-order valence-electron chi connectivity index (χ3n) is 4.51. The van der Waals surface area contributed by atoms with E-state index in [-0.39, 0.29) is 11.2 Å². The maximum absolute atomic E-state index is 13.0. The van der Waals surface area contributed by atoms with Crippen molar-refractivity contribution in [3.8, 4) is 0 Å². The number of halogens is 1. The minimum Gasteiger partial charge on any atom is -0.316 e. The second-order valence-corrected chi connectivity index (χ2v) is 5.69. The summed E-state index contributed by atoms with van der Waals surface area (Å²) in [5.41, 5.74) is 2.86. The van der Waals surface area contributed by atoms with E-state index in [9.17, 15) is 4.39 Å². The molecule has 0 saturated heterocycles. The van der Waals surface area contributed by atoms with Gasteiger partial charge in [-0.1, -0.05) is 42.5 Å². The summed E-state index contributed by atoms with van der Waals surface area (Å²) in [6.07, 6.45) is 3.39. The van der Waals surface area contributed by atoms with E-state index >= 15 is 0 Å². The van der Waals surface area contributed by atoms with Crippen LogP contribution in [0.3, 0.4) is 0 Å². The minimum atomic E-state index is -0.168. The van der Waals surface area contributed by atoms with Crippen molar-refractivity contribution in [2.45, 2.75) is 30.7 Å². The molecule has 1 N–H and O–H groups in total. The Labute approximate surface area is 119 Å². The molecule has 1 aliphatic carbocycles. The molecule has 104 valence electrons. The smallest absolute Gasteiger partial charge is 0.123 e. The zero-order valence-electron chi connectivity index (χ0n) is 11.8. The number of nitrogens with one attached hydrogen (secondary N) is 1. The Morgan fingerprint density at radius 3 is 2.25 bits per heavy atom. The molecule has 0 amide bonds. The fraction of sp³-hybridized carbons (Fsp3) is 0.333. The first-order valence-corrected chi connectivity index (χ1v) is 7.22. The molecule has 0 aliphatic heterocycles. The molecule has 2 aromatic carbocycles. The van der Waals surface area contributed by atoms with Gasteiger partial charge in [-0.25, -0.2) is 4.39 Å². The fourth-order valence-electron chi connectivity index (χ4n) is 3.17. The topological polar surface area (TPSA) is 12.0 Å². The van der Waals surface area contributed by atoms with E-state index in [1.54, 1.807) is 12.1 Å². The van der Waals surface area contributed by atoms with Crippen molar-refractivity contribution in [3.63, 3.8) is 0 Å². The zero-order valence-corrected chi connectivity index (χ0v) is 11.8. The Bertz CT molecular complexity index is 558. The monoisotopic (exact) mass is 269 g/mol. The highest BCUT2D eigenvalue weighted by Gasteiger charge is 2.49. The van der Waals surface area contributed by atoms with Crippen molar-refractivity contribution >= 4 is 0 Å².